The molecule has 0 spiro atoms. The van der Waals surface area contributed by atoms with E-state index in [1.807, 2.05) is 27.9 Å². The molecule has 2 aromatic rings. The highest BCUT2D eigenvalue weighted by molar-refractivity contribution is 5.75. The van der Waals surface area contributed by atoms with Crippen molar-refractivity contribution in [3.63, 3.8) is 0 Å². The van der Waals surface area contributed by atoms with Crippen LogP contribution in [-0.2, 0) is 6.54 Å². The highest BCUT2D eigenvalue weighted by Crippen LogP contribution is 2.21. The lowest BCUT2D eigenvalue weighted by atomic mass is 9.86. The molecule has 140 valence electrons. The minimum atomic E-state index is -0.0442. The normalized spacial score (nSPS) is 16.4. The Kier molecular flexibility index (Phi) is 5.44. The van der Waals surface area contributed by atoms with Gasteiger partial charge in [0.25, 0.3) is 0 Å². The molecular formula is C19H28N6O. The van der Waals surface area contributed by atoms with E-state index in [2.05, 4.69) is 47.0 Å². The number of nitrogens with zero attached hydrogens (tertiary/aromatic N) is 5. The Balaban J connectivity index is 1.57. The Morgan fingerprint density at radius 1 is 1.19 bits per heavy atom. The molecule has 1 aliphatic heterocycles. The summed E-state index contributed by atoms with van der Waals surface area (Å²) < 4.78 is 2.01. The Hall–Kier alpha value is -2.57. The summed E-state index contributed by atoms with van der Waals surface area (Å²) in [5.41, 5.74) is 1.07. The van der Waals surface area contributed by atoms with Crippen LogP contribution < -0.4 is 10.2 Å². The fourth-order valence-corrected chi connectivity index (χ4v) is 3.09. The molecule has 0 aliphatic carbocycles. The number of rotatable bonds is 4. The van der Waals surface area contributed by atoms with Crippen LogP contribution in [0.2, 0.25) is 0 Å². The number of urea groups is 1. The van der Waals surface area contributed by atoms with Crippen LogP contribution in [0.5, 0.6) is 0 Å². The third-order valence-electron chi connectivity index (χ3n) is 4.87. The van der Waals surface area contributed by atoms with Crippen molar-refractivity contribution in [2.45, 2.75) is 33.4 Å². The van der Waals surface area contributed by atoms with Gasteiger partial charge in [-0.2, -0.15) is 0 Å². The van der Waals surface area contributed by atoms with E-state index in [1.54, 1.807) is 18.7 Å². The van der Waals surface area contributed by atoms with Crippen LogP contribution in [-0.4, -0.2) is 57.7 Å². The molecule has 0 aromatic carbocycles. The van der Waals surface area contributed by atoms with Crippen molar-refractivity contribution in [1.82, 2.24) is 24.8 Å². The van der Waals surface area contributed by atoms with Crippen LogP contribution >= 0.6 is 0 Å². The zero-order valence-corrected chi connectivity index (χ0v) is 15.8. The van der Waals surface area contributed by atoms with Crippen LogP contribution in [0.15, 0.2) is 43.2 Å². The average molecular weight is 356 g/mol. The van der Waals surface area contributed by atoms with Gasteiger partial charge in [-0.3, -0.25) is 4.98 Å². The lowest BCUT2D eigenvalue weighted by Gasteiger charge is -2.38. The van der Waals surface area contributed by atoms with E-state index in [0.717, 1.165) is 18.8 Å². The summed E-state index contributed by atoms with van der Waals surface area (Å²) in [5.74, 6) is 0. The maximum atomic E-state index is 12.8. The molecule has 0 bridgehead atoms. The summed E-state index contributed by atoms with van der Waals surface area (Å²) in [5, 5.41) is 3.23. The summed E-state index contributed by atoms with van der Waals surface area (Å²) in [4.78, 5) is 25.2. The second-order valence-electron chi connectivity index (χ2n) is 7.81. The summed E-state index contributed by atoms with van der Waals surface area (Å²) in [6, 6.07) is 4.04. The van der Waals surface area contributed by atoms with Crippen molar-refractivity contribution in [2.75, 3.05) is 31.1 Å². The van der Waals surface area contributed by atoms with Gasteiger partial charge in [-0.05, 0) is 17.5 Å². The number of imidazole rings is 1. The van der Waals surface area contributed by atoms with Crippen molar-refractivity contribution < 1.29 is 4.79 Å². The predicted molar refractivity (Wildman–Crippen MR) is 102 cm³/mol. The van der Waals surface area contributed by atoms with Crippen LogP contribution in [0, 0.1) is 5.41 Å². The van der Waals surface area contributed by atoms with E-state index < -0.39 is 0 Å². The molecule has 1 fully saturated rings. The lowest BCUT2D eigenvalue weighted by molar-refractivity contribution is 0.171. The monoisotopic (exact) mass is 356 g/mol. The van der Waals surface area contributed by atoms with Gasteiger partial charge in [0.05, 0.1) is 24.3 Å². The Morgan fingerprint density at radius 2 is 1.96 bits per heavy atom. The molecule has 7 heteroatoms. The highest BCUT2D eigenvalue weighted by Gasteiger charge is 2.29. The van der Waals surface area contributed by atoms with Gasteiger partial charge in [-0.1, -0.05) is 20.8 Å². The molecule has 3 heterocycles. The molecule has 26 heavy (non-hydrogen) atoms. The van der Waals surface area contributed by atoms with Gasteiger partial charge in [0.15, 0.2) is 0 Å². The van der Waals surface area contributed by atoms with Gasteiger partial charge in [-0.25, -0.2) is 9.78 Å². The zero-order valence-electron chi connectivity index (χ0n) is 15.8. The number of hydrogen-bond donors (Lipinski definition) is 1. The van der Waals surface area contributed by atoms with Gasteiger partial charge in [-0.15, -0.1) is 0 Å². The molecule has 1 atom stereocenters. The minimum Gasteiger partial charge on any atom is -0.367 e. The fourth-order valence-electron chi connectivity index (χ4n) is 3.09. The molecule has 1 N–H and O–H groups in total. The summed E-state index contributed by atoms with van der Waals surface area (Å²) in [7, 11) is 0. The number of pyridine rings is 1. The molecule has 1 saturated heterocycles. The number of anilines is 1. The van der Waals surface area contributed by atoms with E-state index >= 15 is 0 Å². The summed E-state index contributed by atoms with van der Waals surface area (Å²) >= 11 is 0. The fraction of sp³-hybridized carbons (Fsp3) is 0.526. The first-order valence-electron chi connectivity index (χ1n) is 9.09. The standard InChI is InChI=1S/C19H28N6O/c1-19(2,3)17(14-23-8-7-21-15-23)22-18(26)25-11-9-24(10-12-25)16-5-4-6-20-13-16/h4-8,13,15,17H,9-12,14H2,1-3H3,(H,22,26). The second kappa shape index (κ2) is 7.76. The number of nitrogens with one attached hydrogen (secondary N) is 1. The van der Waals surface area contributed by atoms with Crippen LogP contribution in [0.1, 0.15) is 20.8 Å². The predicted octanol–water partition coefficient (Wildman–Crippen LogP) is 2.22. The lowest BCUT2D eigenvalue weighted by Crippen LogP contribution is -2.56. The van der Waals surface area contributed by atoms with Gasteiger partial charge < -0.3 is 19.7 Å². The smallest absolute Gasteiger partial charge is 0.317 e. The topological polar surface area (TPSA) is 66.3 Å². The largest absolute Gasteiger partial charge is 0.367 e. The van der Waals surface area contributed by atoms with E-state index in [1.165, 1.54) is 0 Å². The molecular weight excluding hydrogens is 328 g/mol. The molecule has 2 aromatic heterocycles. The highest BCUT2D eigenvalue weighted by atomic mass is 16.2. The van der Waals surface area contributed by atoms with Gasteiger partial charge in [0, 0.05) is 51.3 Å². The Morgan fingerprint density at radius 3 is 2.54 bits per heavy atom. The molecule has 0 saturated carbocycles. The molecule has 1 aliphatic rings. The zero-order chi connectivity index (χ0) is 18.6. The van der Waals surface area contributed by atoms with E-state index in [-0.39, 0.29) is 17.5 Å². The maximum absolute atomic E-state index is 12.8. The SMILES string of the molecule is CC(C)(C)C(Cn1ccnc1)NC(=O)N1CCN(c2cccnc2)CC1. The molecule has 3 rings (SSSR count). The number of amides is 2. The summed E-state index contributed by atoms with van der Waals surface area (Å²) in [6.07, 6.45) is 9.13. The van der Waals surface area contributed by atoms with Crippen molar-refractivity contribution in [3.05, 3.63) is 43.2 Å². The number of piperazine rings is 1. The van der Waals surface area contributed by atoms with E-state index in [0.29, 0.717) is 19.6 Å². The van der Waals surface area contributed by atoms with Crippen LogP contribution in [0.3, 0.4) is 0 Å². The third kappa shape index (κ3) is 4.53. The van der Waals surface area contributed by atoms with Crippen LogP contribution in [0.25, 0.3) is 0 Å². The van der Waals surface area contributed by atoms with Crippen molar-refractivity contribution >= 4 is 11.7 Å². The maximum Gasteiger partial charge on any atom is 0.317 e. The minimum absolute atomic E-state index is 0.0101. The van der Waals surface area contributed by atoms with Gasteiger partial charge in [0.1, 0.15) is 0 Å². The van der Waals surface area contributed by atoms with Crippen molar-refractivity contribution in [2.24, 2.45) is 5.41 Å². The first-order valence-corrected chi connectivity index (χ1v) is 9.09. The Labute approximate surface area is 155 Å². The number of aromatic nitrogens is 3. The Bertz CT molecular complexity index is 687. The second-order valence-corrected chi connectivity index (χ2v) is 7.81. The molecule has 0 radical (unpaired) electrons. The van der Waals surface area contributed by atoms with E-state index in [4.69, 9.17) is 0 Å². The summed E-state index contributed by atoms with van der Waals surface area (Å²) in [6.45, 7) is 10.2. The third-order valence-corrected chi connectivity index (χ3v) is 4.87. The first kappa shape index (κ1) is 18.2. The molecule has 7 nitrogen and oxygen atoms in total. The van der Waals surface area contributed by atoms with Crippen LogP contribution in [0.4, 0.5) is 10.5 Å². The average Bonchev–Trinajstić information content (AvgIpc) is 3.14. The molecule has 2 amide bonds. The first-order chi connectivity index (χ1) is 12.4. The van der Waals surface area contributed by atoms with E-state index in [9.17, 15) is 4.79 Å². The number of carbonyl (C=O) groups is 1. The molecule has 1 unspecified atom stereocenters. The quantitative estimate of drug-likeness (QED) is 0.912. The van der Waals surface area contributed by atoms with Crippen molar-refractivity contribution in [1.29, 1.82) is 0 Å². The van der Waals surface area contributed by atoms with Crippen molar-refractivity contribution in [3.8, 4) is 0 Å². The van der Waals surface area contributed by atoms with Gasteiger partial charge in [0.2, 0.25) is 0 Å². The number of hydrogen-bond acceptors (Lipinski definition) is 4. The van der Waals surface area contributed by atoms with Gasteiger partial charge >= 0.3 is 6.03 Å². The number of carbonyl (C=O) groups excluding carboxylic acids is 1.